The molecule has 0 atom stereocenters. The second kappa shape index (κ2) is 41.7. The molecule has 12 aromatic rings. The fourth-order valence-corrected chi connectivity index (χ4v) is 15.9. The van der Waals surface area contributed by atoms with Gasteiger partial charge in [0.05, 0.1) is 40.5 Å². The molecule has 129 heavy (non-hydrogen) atoms. The number of benzene rings is 6. The zero-order valence-electron chi connectivity index (χ0n) is 72.0. The fourth-order valence-electron chi connectivity index (χ4n) is 15.7. The van der Waals surface area contributed by atoms with E-state index >= 15 is 0 Å². The van der Waals surface area contributed by atoms with Crippen molar-refractivity contribution in [1.29, 1.82) is 0 Å². The Labute approximate surface area is 749 Å². The van der Waals surface area contributed by atoms with Crippen LogP contribution in [0.4, 0.5) is 13.2 Å². The van der Waals surface area contributed by atoms with Crippen LogP contribution in [0.2, 0.25) is 5.02 Å². The second-order valence-electron chi connectivity index (χ2n) is 34.1. The number of hydrogen-bond acceptors (Lipinski definition) is 25. The maximum absolute atomic E-state index is 13.8. The zero-order valence-corrected chi connectivity index (χ0v) is 72.8. The molecule has 6 heterocycles. The number of halogens is 4. The lowest BCUT2D eigenvalue weighted by atomic mass is 9.91. The smallest absolute Gasteiger partial charge is 0.191 e. The number of para-hydroxylation sites is 1. The molecule has 6 aromatic heterocycles. The van der Waals surface area contributed by atoms with Crippen molar-refractivity contribution < 1.29 is 77.3 Å². The average Bonchev–Trinajstić information content (AvgIpc) is 1.60. The van der Waals surface area contributed by atoms with E-state index in [1.165, 1.54) is 120 Å². The van der Waals surface area contributed by atoms with Crippen molar-refractivity contribution in [1.82, 2.24) is 59.8 Å². The Morgan fingerprint density at radius 2 is 0.589 bits per heavy atom. The molecule has 25 nitrogen and oxygen atoms in total. The van der Waals surface area contributed by atoms with Gasteiger partial charge in [-0.3, -0.25) is 28.8 Å². The van der Waals surface area contributed by atoms with E-state index in [0.717, 1.165) is 143 Å². The van der Waals surface area contributed by atoms with E-state index in [2.05, 4.69) is 140 Å². The Morgan fingerprint density at radius 3 is 0.884 bits per heavy atom. The molecule has 6 N–H and O–H groups in total. The lowest BCUT2D eigenvalue weighted by Crippen LogP contribution is -2.15. The monoisotopic (exact) mass is 1770 g/mol. The predicted octanol–water partition coefficient (Wildman–Crippen LogP) is 13.6. The molecule has 6 saturated carbocycles. The van der Waals surface area contributed by atoms with E-state index in [-0.39, 0.29) is 67.0 Å². The normalized spacial score (nSPS) is 15.6. The quantitative estimate of drug-likeness (QED) is 0.0220. The van der Waals surface area contributed by atoms with Crippen LogP contribution in [0.5, 0.6) is 5.75 Å². The third kappa shape index (κ3) is 24.3. The third-order valence-corrected chi connectivity index (χ3v) is 25.1. The maximum atomic E-state index is 13.8. The molecule has 0 aliphatic heterocycles. The molecule has 6 aromatic carbocycles. The van der Waals surface area contributed by atoms with E-state index in [4.69, 9.17) is 47.0 Å². The maximum Gasteiger partial charge on any atom is 0.191 e. The van der Waals surface area contributed by atoms with Crippen molar-refractivity contribution in [2.24, 2.45) is 0 Å². The standard InChI is InChI=1S/C17H17FN2O2.C17H18N2O3.2C17H18N2O2.C16H15ClN2O2.C16H14F2N2O2/c1-11-2-3-13(6-14(11)18)17(4-5-17)7-16-19-8-12(9-20-16)15(22)10-21;1-22-15-5-3-2-4-13(15)17(6-7-17)8-16-18-9-12(10-19-16)14(21)11-20;1-12-2-4-14(5-3-12)17(6-7-17)8-16-18-9-13(10-19-16)15(21)11-20;1-12-3-2-4-14(7-12)17(5-6-17)8-16-18-9-13(10-19-16)15(21)11-20;17-13-3-1-12(2-4-13)16(5-6-16)7-15-18-8-11(9-19-15)14(21)10-20;17-12-3-11(4-13(18)5-12)16(1-2-16)6-15-19-7-10(8-20-15)14(22)9-21/h2-3,6,8-9,21H,4-5,7,10H2,1H3;2-5,9-10,20H,6-8,11H2,1H3;2-5,9-10,20H,6-8,11H2,1H3;2-4,7,9-10,20H,5-6,8,11H2,1H3;1-4,8-9,20H,5-7,10H2;3-5,7-8,21H,1-2,6,9H2. The number of Topliss-reactive ketones (excluding diaryl/α,β-unsaturated/α-hetero) is 6. The van der Waals surface area contributed by atoms with Crippen LogP contribution in [-0.2, 0) is 71.0 Å². The molecule has 0 unspecified atom stereocenters. The van der Waals surface area contributed by atoms with Gasteiger partial charge >= 0.3 is 0 Å². The first-order valence-electron chi connectivity index (χ1n) is 42.6. The summed E-state index contributed by atoms with van der Waals surface area (Å²) in [6, 6.07) is 42.1. The van der Waals surface area contributed by atoms with Crippen LogP contribution in [0.3, 0.4) is 0 Å². The highest BCUT2D eigenvalue weighted by atomic mass is 35.5. The van der Waals surface area contributed by atoms with Gasteiger partial charge in [0, 0.05) is 162 Å². The molecular weight excluding hydrogens is 1670 g/mol. The number of ether oxygens (including phenoxy) is 1. The van der Waals surface area contributed by atoms with Gasteiger partial charge in [-0.25, -0.2) is 73.0 Å². The Hall–Kier alpha value is -12.5. The Bertz CT molecular complexity index is 5800. The summed E-state index contributed by atoms with van der Waals surface area (Å²) in [6.45, 7) is 2.76. The largest absolute Gasteiger partial charge is 0.496 e. The molecular formula is C100H100ClF3N12O13. The van der Waals surface area contributed by atoms with Gasteiger partial charge in [-0.05, 0) is 168 Å². The van der Waals surface area contributed by atoms with Gasteiger partial charge in [-0.2, -0.15) is 0 Å². The minimum absolute atomic E-state index is 0.0368. The number of hydrogen-bond donors (Lipinski definition) is 6. The summed E-state index contributed by atoms with van der Waals surface area (Å²) in [5.41, 5.74) is 11.9. The number of aryl methyl sites for hydroxylation is 3. The van der Waals surface area contributed by atoms with Crippen molar-refractivity contribution in [3.8, 4) is 5.75 Å². The van der Waals surface area contributed by atoms with Gasteiger partial charge in [0.15, 0.2) is 34.7 Å². The number of ketones is 6. The first-order valence-corrected chi connectivity index (χ1v) is 43.0. The topological polar surface area (TPSA) is 388 Å². The van der Waals surface area contributed by atoms with Crippen molar-refractivity contribution in [2.75, 3.05) is 46.8 Å². The fraction of sp³-hybridized carbons (Fsp3) is 0.340. The van der Waals surface area contributed by atoms with Crippen LogP contribution < -0.4 is 4.74 Å². The molecule has 0 spiro atoms. The van der Waals surface area contributed by atoms with Crippen LogP contribution in [-0.4, -0.2) is 172 Å². The molecule has 0 radical (unpaired) electrons. The Balaban J connectivity index is 0.000000132. The summed E-state index contributed by atoms with van der Waals surface area (Å²) < 4.78 is 46.0. The summed E-state index contributed by atoms with van der Waals surface area (Å²) >= 11 is 5.93. The number of rotatable bonds is 31. The van der Waals surface area contributed by atoms with E-state index in [0.29, 0.717) is 69.3 Å². The highest BCUT2D eigenvalue weighted by molar-refractivity contribution is 6.30. The molecule has 6 fully saturated rings. The molecule has 18 rings (SSSR count). The van der Waals surface area contributed by atoms with Crippen LogP contribution in [0.1, 0.15) is 224 Å². The van der Waals surface area contributed by atoms with Crippen molar-refractivity contribution in [2.45, 2.75) is 169 Å². The van der Waals surface area contributed by atoms with Gasteiger partial charge in [-0.15, -0.1) is 0 Å². The van der Waals surface area contributed by atoms with Crippen LogP contribution in [0, 0.1) is 38.2 Å². The number of methoxy groups -OCH3 is 1. The summed E-state index contributed by atoms with van der Waals surface area (Å²) in [6.07, 6.45) is 34.3. The predicted molar refractivity (Wildman–Crippen MR) is 473 cm³/mol. The van der Waals surface area contributed by atoms with Gasteiger partial charge in [-0.1, -0.05) is 114 Å². The number of aliphatic hydroxyl groups excluding tert-OH is 6. The van der Waals surface area contributed by atoms with Gasteiger partial charge < -0.3 is 35.4 Å². The third-order valence-electron chi connectivity index (χ3n) is 24.8. The number of carbonyl (C=O) groups excluding carboxylic acids is 6. The number of aromatic nitrogens is 12. The SMILES string of the molecule is COc1ccccc1C1(Cc2ncc(C(=O)CO)cn2)CC1.Cc1ccc(C2(Cc3ncc(C(=O)CO)cn3)CC2)cc1.Cc1ccc(C2(Cc3ncc(C(=O)CO)cn3)CC2)cc1F.Cc1cccc(C2(Cc3ncc(C(=O)CO)cn3)CC2)c1.O=C(CO)c1cnc(CC2(c3cc(F)cc(F)c3)CC2)nc1.O=C(CO)c1cnc(CC2(c3ccc(Cl)cc3)CC2)nc1. The van der Waals surface area contributed by atoms with Crippen molar-refractivity contribution >= 4 is 46.3 Å². The van der Waals surface area contributed by atoms with Crippen molar-refractivity contribution in [3.05, 3.63) is 349 Å². The van der Waals surface area contributed by atoms with Gasteiger partial charge in [0.2, 0.25) is 0 Å². The van der Waals surface area contributed by atoms with Crippen molar-refractivity contribution in [3.63, 3.8) is 0 Å². The highest BCUT2D eigenvalue weighted by Gasteiger charge is 2.50. The van der Waals surface area contributed by atoms with E-state index < -0.39 is 62.8 Å². The molecule has 6 aliphatic rings. The van der Waals surface area contributed by atoms with Gasteiger partial charge in [0.25, 0.3) is 0 Å². The van der Waals surface area contributed by atoms with Crippen LogP contribution in [0.15, 0.2) is 208 Å². The Kier molecular flexibility index (Phi) is 30.4. The molecule has 6 aliphatic carbocycles. The molecule has 0 bridgehead atoms. The van der Waals surface area contributed by atoms with Crippen LogP contribution in [0.25, 0.3) is 0 Å². The molecule has 0 amide bonds. The summed E-state index contributed by atoms with van der Waals surface area (Å²) in [4.78, 5) is 119. The van der Waals surface area contributed by atoms with E-state index in [9.17, 15) is 41.9 Å². The lowest BCUT2D eigenvalue weighted by Gasteiger charge is -2.18. The summed E-state index contributed by atoms with van der Waals surface area (Å²) in [5.74, 6) is 1.34. The van der Waals surface area contributed by atoms with Crippen LogP contribution >= 0.6 is 11.6 Å². The highest BCUT2D eigenvalue weighted by Crippen LogP contribution is 2.56. The minimum atomic E-state index is -0.592. The second-order valence-corrected chi connectivity index (χ2v) is 34.6. The summed E-state index contributed by atoms with van der Waals surface area (Å²) in [7, 11) is 1.68. The number of nitrogens with zero attached hydrogens (tertiary/aromatic N) is 12. The molecule has 0 saturated heterocycles. The molecule has 29 heteroatoms. The first-order chi connectivity index (χ1) is 62.1. The number of carbonyl (C=O) groups is 6. The average molecular weight is 1770 g/mol. The minimum Gasteiger partial charge on any atom is -0.496 e. The molecule has 666 valence electrons. The number of aliphatic hydroxyl groups is 6. The van der Waals surface area contributed by atoms with E-state index in [1.807, 2.05) is 36.4 Å². The summed E-state index contributed by atoms with van der Waals surface area (Å²) in [5, 5.41) is 53.6. The first kappa shape index (κ1) is 94.1. The van der Waals surface area contributed by atoms with E-state index in [1.54, 1.807) is 26.2 Å². The Morgan fingerprint density at radius 1 is 0.310 bits per heavy atom. The van der Waals surface area contributed by atoms with Gasteiger partial charge in [0.1, 0.15) is 97.8 Å². The lowest BCUT2D eigenvalue weighted by molar-refractivity contribution is 0.0897. The zero-order chi connectivity index (χ0) is 91.7.